The molecular weight excluding hydrogens is 374 g/mol. The maximum absolute atomic E-state index is 12.6. The molecule has 2 aromatic heterocycles. The summed E-state index contributed by atoms with van der Waals surface area (Å²) in [5.41, 5.74) is 4.17. The molecule has 30 heavy (non-hydrogen) atoms. The molecule has 2 N–H and O–H groups in total. The maximum atomic E-state index is 12.6. The van der Waals surface area contributed by atoms with E-state index in [1.165, 1.54) is 0 Å². The number of anilines is 3. The second kappa shape index (κ2) is 8.53. The van der Waals surface area contributed by atoms with Crippen molar-refractivity contribution in [2.75, 3.05) is 10.6 Å². The van der Waals surface area contributed by atoms with E-state index in [1.54, 1.807) is 18.3 Å². The Morgan fingerprint density at radius 2 is 1.67 bits per heavy atom. The number of hydrogen-bond acceptors (Lipinski definition) is 5. The highest BCUT2D eigenvalue weighted by Crippen LogP contribution is 2.22. The molecule has 0 atom stereocenters. The normalized spacial score (nSPS) is 10.5. The lowest BCUT2D eigenvalue weighted by atomic mass is 10.1. The molecule has 4 rings (SSSR count). The van der Waals surface area contributed by atoms with Gasteiger partial charge in [0.15, 0.2) is 0 Å². The van der Waals surface area contributed by atoms with Gasteiger partial charge in [0.25, 0.3) is 5.91 Å². The average molecular weight is 395 g/mol. The molecule has 0 saturated carbocycles. The van der Waals surface area contributed by atoms with E-state index >= 15 is 0 Å². The number of pyridine rings is 1. The first-order chi connectivity index (χ1) is 14.6. The molecule has 0 radical (unpaired) electrons. The highest BCUT2D eigenvalue weighted by atomic mass is 16.1. The predicted molar refractivity (Wildman–Crippen MR) is 119 cm³/mol. The Morgan fingerprint density at radius 1 is 0.833 bits per heavy atom. The van der Waals surface area contributed by atoms with Crippen molar-refractivity contribution in [3.63, 3.8) is 0 Å². The van der Waals surface area contributed by atoms with Gasteiger partial charge in [-0.25, -0.2) is 15.0 Å². The maximum Gasteiger partial charge on any atom is 0.256 e. The number of aromatic nitrogens is 3. The van der Waals surface area contributed by atoms with Gasteiger partial charge in [-0.3, -0.25) is 4.79 Å². The van der Waals surface area contributed by atoms with Gasteiger partial charge in [-0.15, -0.1) is 0 Å². The smallest absolute Gasteiger partial charge is 0.256 e. The fourth-order valence-electron chi connectivity index (χ4n) is 3.07. The molecule has 0 saturated heterocycles. The van der Waals surface area contributed by atoms with Crippen molar-refractivity contribution in [3.05, 3.63) is 95.9 Å². The van der Waals surface area contributed by atoms with E-state index < -0.39 is 0 Å². The average Bonchev–Trinajstić information content (AvgIpc) is 2.74. The largest absolute Gasteiger partial charge is 0.340 e. The molecule has 6 nitrogen and oxygen atoms in total. The molecule has 0 aliphatic rings. The van der Waals surface area contributed by atoms with Crippen molar-refractivity contribution < 1.29 is 4.79 Å². The van der Waals surface area contributed by atoms with Crippen molar-refractivity contribution in [3.8, 4) is 11.3 Å². The highest BCUT2D eigenvalue weighted by molar-refractivity contribution is 6.04. The molecule has 4 aromatic rings. The molecule has 0 aliphatic heterocycles. The topological polar surface area (TPSA) is 79.8 Å². The molecule has 0 bridgehead atoms. The van der Waals surface area contributed by atoms with Gasteiger partial charge in [0, 0.05) is 29.1 Å². The van der Waals surface area contributed by atoms with Crippen LogP contribution in [0.3, 0.4) is 0 Å². The minimum Gasteiger partial charge on any atom is -0.340 e. The first-order valence-corrected chi connectivity index (χ1v) is 9.59. The lowest BCUT2D eigenvalue weighted by Gasteiger charge is -2.10. The second-order valence-corrected chi connectivity index (χ2v) is 6.93. The third-order valence-corrected chi connectivity index (χ3v) is 4.46. The van der Waals surface area contributed by atoms with Gasteiger partial charge in [0.1, 0.15) is 17.5 Å². The zero-order valence-electron chi connectivity index (χ0n) is 16.8. The zero-order valence-corrected chi connectivity index (χ0v) is 16.8. The molecule has 0 unspecified atom stereocenters. The minimum absolute atomic E-state index is 0.222. The number of aryl methyl sites for hydroxylation is 2. The highest BCUT2D eigenvalue weighted by Gasteiger charge is 2.09. The molecule has 0 spiro atoms. The number of nitrogens with zero attached hydrogens (tertiary/aromatic N) is 3. The molecule has 1 amide bonds. The third kappa shape index (κ3) is 4.67. The Labute approximate surface area is 175 Å². The van der Waals surface area contributed by atoms with E-state index in [0.29, 0.717) is 23.0 Å². The van der Waals surface area contributed by atoms with Crippen LogP contribution >= 0.6 is 0 Å². The zero-order chi connectivity index (χ0) is 20.9. The summed E-state index contributed by atoms with van der Waals surface area (Å²) in [5.74, 6) is 1.63. The van der Waals surface area contributed by atoms with Gasteiger partial charge in [-0.2, -0.15) is 0 Å². The molecular formula is C24H21N5O. The molecule has 0 aliphatic carbocycles. The molecule has 2 heterocycles. The van der Waals surface area contributed by atoms with Crippen LogP contribution in [0.25, 0.3) is 11.3 Å². The van der Waals surface area contributed by atoms with E-state index in [9.17, 15) is 4.79 Å². The van der Waals surface area contributed by atoms with Crippen molar-refractivity contribution in [2.24, 2.45) is 0 Å². The predicted octanol–water partition coefficient (Wildman–Crippen LogP) is 5.15. The van der Waals surface area contributed by atoms with Crippen molar-refractivity contribution in [1.29, 1.82) is 0 Å². The summed E-state index contributed by atoms with van der Waals surface area (Å²) < 4.78 is 0. The molecule has 6 heteroatoms. The fourth-order valence-corrected chi connectivity index (χ4v) is 3.07. The Morgan fingerprint density at radius 3 is 2.47 bits per heavy atom. The van der Waals surface area contributed by atoms with Crippen LogP contribution < -0.4 is 10.6 Å². The Balaban J connectivity index is 1.55. The van der Waals surface area contributed by atoms with Crippen LogP contribution in [0.1, 0.15) is 21.7 Å². The van der Waals surface area contributed by atoms with Gasteiger partial charge < -0.3 is 10.6 Å². The van der Waals surface area contributed by atoms with Crippen molar-refractivity contribution in [2.45, 2.75) is 13.8 Å². The van der Waals surface area contributed by atoms with Gasteiger partial charge in [-0.05, 0) is 49.7 Å². The number of benzene rings is 2. The van der Waals surface area contributed by atoms with E-state index in [-0.39, 0.29) is 5.91 Å². The van der Waals surface area contributed by atoms with Crippen molar-refractivity contribution >= 4 is 23.2 Å². The van der Waals surface area contributed by atoms with E-state index in [4.69, 9.17) is 0 Å². The van der Waals surface area contributed by atoms with Crippen molar-refractivity contribution in [1.82, 2.24) is 15.0 Å². The van der Waals surface area contributed by atoms with Crippen LogP contribution in [0, 0.1) is 13.8 Å². The number of carbonyl (C=O) groups is 1. The van der Waals surface area contributed by atoms with E-state index in [0.717, 1.165) is 22.5 Å². The SMILES string of the molecule is Cc1ccnc(NC(=O)c2cccc(Nc3cc(-c4ccccc4)nc(C)n3)c2)c1. The summed E-state index contributed by atoms with van der Waals surface area (Å²) >= 11 is 0. The molecule has 148 valence electrons. The van der Waals surface area contributed by atoms with Gasteiger partial charge in [0.05, 0.1) is 5.69 Å². The lowest BCUT2D eigenvalue weighted by Crippen LogP contribution is -2.13. The first kappa shape index (κ1) is 19.3. The minimum atomic E-state index is -0.222. The second-order valence-electron chi connectivity index (χ2n) is 6.93. The Bertz CT molecular complexity index is 1190. The summed E-state index contributed by atoms with van der Waals surface area (Å²) in [4.78, 5) is 25.8. The Hall–Kier alpha value is -4.06. The third-order valence-electron chi connectivity index (χ3n) is 4.46. The Kier molecular flexibility index (Phi) is 5.48. The summed E-state index contributed by atoms with van der Waals surface area (Å²) in [5, 5.41) is 6.10. The molecule has 0 fully saturated rings. The van der Waals surface area contributed by atoms with Gasteiger partial charge in [-0.1, -0.05) is 36.4 Å². The van der Waals surface area contributed by atoms with Gasteiger partial charge >= 0.3 is 0 Å². The van der Waals surface area contributed by atoms with Crippen LogP contribution in [0.5, 0.6) is 0 Å². The standard InChI is InChI=1S/C24H21N5O/c1-16-11-12-25-22(13-16)29-24(30)19-9-6-10-20(14-19)28-23-15-21(26-17(2)27-23)18-7-4-3-5-8-18/h3-15H,1-2H3,(H,25,29,30)(H,26,27,28). The number of nitrogens with one attached hydrogen (secondary N) is 2. The summed E-state index contributed by atoms with van der Waals surface area (Å²) in [6.45, 7) is 3.81. The number of rotatable bonds is 5. The lowest BCUT2D eigenvalue weighted by molar-refractivity contribution is 0.102. The van der Waals surface area contributed by atoms with E-state index in [1.807, 2.05) is 74.5 Å². The summed E-state index contributed by atoms with van der Waals surface area (Å²) in [7, 11) is 0. The van der Waals surface area contributed by atoms with E-state index in [2.05, 4.69) is 25.6 Å². The number of hydrogen-bond donors (Lipinski definition) is 2. The van der Waals surface area contributed by atoms with Crippen LogP contribution in [0.2, 0.25) is 0 Å². The quantitative estimate of drug-likeness (QED) is 0.488. The van der Waals surface area contributed by atoms with Crippen LogP contribution in [0.4, 0.5) is 17.3 Å². The van der Waals surface area contributed by atoms with Crippen LogP contribution in [-0.2, 0) is 0 Å². The summed E-state index contributed by atoms with van der Waals surface area (Å²) in [6, 6.07) is 22.8. The monoisotopic (exact) mass is 395 g/mol. The summed E-state index contributed by atoms with van der Waals surface area (Å²) in [6.07, 6.45) is 1.67. The molecule has 2 aromatic carbocycles. The number of amides is 1. The number of carbonyl (C=O) groups excluding carboxylic acids is 1. The van der Waals surface area contributed by atoms with Crippen LogP contribution in [-0.4, -0.2) is 20.9 Å². The van der Waals surface area contributed by atoms with Crippen LogP contribution in [0.15, 0.2) is 79.0 Å². The fraction of sp³-hybridized carbons (Fsp3) is 0.0833. The first-order valence-electron chi connectivity index (χ1n) is 9.59. The van der Waals surface area contributed by atoms with Gasteiger partial charge in [0.2, 0.25) is 0 Å².